The molecule has 0 saturated heterocycles. The summed E-state index contributed by atoms with van der Waals surface area (Å²) in [4.78, 5) is 0. The van der Waals surface area contributed by atoms with E-state index in [1.54, 1.807) is 0 Å². The van der Waals surface area contributed by atoms with Crippen molar-refractivity contribution in [3.05, 3.63) is 264 Å². The molecule has 0 spiro atoms. The molecule has 0 heterocycles. The van der Waals surface area contributed by atoms with Crippen LogP contribution in [0.2, 0.25) is 0 Å². The molecule has 0 aliphatic rings. The molecule has 4 unspecified atom stereocenters. The van der Waals surface area contributed by atoms with E-state index in [-0.39, 0.29) is 0 Å². The molecule has 0 aliphatic heterocycles. The quantitative estimate of drug-likeness (QED) is 0.0507. The Morgan fingerprint density at radius 2 is 0.600 bits per heavy atom. The van der Waals surface area contributed by atoms with Crippen LogP contribution >= 0.6 is 0 Å². The Hall–Kier alpha value is -5.72. The topological polar surface area (TPSA) is 0 Å². The van der Waals surface area contributed by atoms with E-state index in [1.165, 1.54) is 55.6 Å². The van der Waals surface area contributed by atoms with Crippen LogP contribution in [0.3, 0.4) is 0 Å². The summed E-state index contributed by atoms with van der Waals surface area (Å²) < 4.78 is 0. The molecule has 0 saturated carbocycles. The van der Waals surface area contributed by atoms with Gasteiger partial charge in [0, 0.05) is 0 Å². The lowest BCUT2D eigenvalue weighted by molar-refractivity contribution is 0.422. The minimum absolute atomic E-state index is 0.428. The number of benzene rings is 6. The molecule has 0 bridgehead atoms. The number of aryl methyl sites for hydroxylation is 2. The lowest BCUT2D eigenvalue weighted by Crippen LogP contribution is -2.13. The van der Waals surface area contributed by atoms with Gasteiger partial charge in [-0.15, -0.1) is 26.3 Å². The molecule has 6 rings (SSSR count). The third-order valence-corrected chi connectivity index (χ3v) is 12.7. The molecule has 6 aromatic carbocycles. The number of hydrogen-bond acceptors (Lipinski definition) is 0. The fourth-order valence-electron chi connectivity index (χ4n) is 9.38. The van der Waals surface area contributed by atoms with Gasteiger partial charge in [-0.25, -0.2) is 0 Å². The Kier molecular flexibility index (Phi) is 17.4. The average molecular weight is 787 g/mol. The number of hydrogen-bond donors (Lipinski definition) is 0. The lowest BCUT2D eigenvalue weighted by Gasteiger charge is -2.29. The molecular formula is C60H66. The van der Waals surface area contributed by atoms with E-state index in [0.29, 0.717) is 23.7 Å². The van der Waals surface area contributed by atoms with E-state index in [9.17, 15) is 0 Å². The van der Waals surface area contributed by atoms with Crippen LogP contribution in [0.25, 0.3) is 0 Å². The highest BCUT2D eigenvalue weighted by atomic mass is 14.3. The van der Waals surface area contributed by atoms with Crippen molar-refractivity contribution in [2.24, 2.45) is 0 Å². The maximum Gasteiger partial charge on any atom is -0.00974 e. The molecule has 0 aliphatic carbocycles. The first-order valence-electron chi connectivity index (χ1n) is 22.4. The van der Waals surface area contributed by atoms with Crippen molar-refractivity contribution in [3.63, 3.8) is 0 Å². The molecule has 0 radical (unpaired) electrons. The fourth-order valence-corrected chi connectivity index (χ4v) is 9.38. The first-order valence-corrected chi connectivity index (χ1v) is 22.4. The van der Waals surface area contributed by atoms with Crippen LogP contribution in [0.15, 0.2) is 208 Å². The van der Waals surface area contributed by atoms with Gasteiger partial charge in [-0.1, -0.05) is 182 Å². The summed E-state index contributed by atoms with van der Waals surface area (Å²) in [6.07, 6.45) is 20.5. The molecule has 0 amide bonds. The largest absolute Gasteiger partial charge is 0.103 e. The van der Waals surface area contributed by atoms with Gasteiger partial charge in [0.1, 0.15) is 0 Å². The zero-order valence-electron chi connectivity index (χ0n) is 35.9. The van der Waals surface area contributed by atoms with E-state index in [4.69, 9.17) is 0 Å². The Labute approximate surface area is 363 Å². The lowest BCUT2D eigenvalue weighted by atomic mass is 9.76. The predicted octanol–water partition coefficient (Wildman–Crippen LogP) is 15.9. The molecular weight excluding hydrogens is 721 g/mol. The van der Waals surface area contributed by atoms with E-state index < -0.39 is 0 Å². The highest BCUT2D eigenvalue weighted by Crippen LogP contribution is 2.41. The zero-order valence-corrected chi connectivity index (χ0v) is 35.9. The van der Waals surface area contributed by atoms with Gasteiger partial charge >= 0.3 is 0 Å². The van der Waals surface area contributed by atoms with Crippen LogP contribution in [-0.4, -0.2) is 0 Å². The van der Waals surface area contributed by atoms with Crippen molar-refractivity contribution >= 4 is 0 Å². The van der Waals surface area contributed by atoms with E-state index in [2.05, 4.69) is 184 Å². The molecule has 0 N–H and O–H groups in total. The maximum absolute atomic E-state index is 4.06. The standard InChI is InChI=1S/C60H66/c1-5-19-47-31-35-55(36-32-47)59(41-39-53-29-17-15-27-49(53)21-7-3)45-57(51-23-11-9-12-24-51)43-44-58(52-25-13-10-14-26-52)46-60(56-37-33-48(20-6-2)34-38-56)42-40-54-30-18-16-28-50(54)22-8-4/h5-18,23-38,57-60H,1-4,19-22,39-46H2. The van der Waals surface area contributed by atoms with Gasteiger partial charge < -0.3 is 0 Å². The minimum atomic E-state index is 0.428. The Balaban J connectivity index is 1.30. The monoisotopic (exact) mass is 787 g/mol. The van der Waals surface area contributed by atoms with Crippen LogP contribution in [0.1, 0.15) is 118 Å². The van der Waals surface area contributed by atoms with Crippen LogP contribution < -0.4 is 0 Å². The third kappa shape index (κ3) is 12.9. The number of rotatable bonds is 25. The van der Waals surface area contributed by atoms with Gasteiger partial charge in [0.15, 0.2) is 0 Å². The van der Waals surface area contributed by atoms with Crippen LogP contribution in [-0.2, 0) is 38.5 Å². The van der Waals surface area contributed by atoms with Gasteiger partial charge in [0.2, 0.25) is 0 Å². The summed E-state index contributed by atoms with van der Waals surface area (Å²) in [5, 5.41) is 0. The van der Waals surface area contributed by atoms with E-state index in [0.717, 1.165) is 77.0 Å². The maximum atomic E-state index is 4.06. The van der Waals surface area contributed by atoms with Crippen LogP contribution in [0, 0.1) is 0 Å². The Bertz CT molecular complexity index is 2030. The molecule has 0 heteroatoms. The van der Waals surface area contributed by atoms with E-state index in [1.807, 2.05) is 24.3 Å². The van der Waals surface area contributed by atoms with Gasteiger partial charge in [-0.2, -0.15) is 0 Å². The number of allylic oxidation sites excluding steroid dienone is 4. The van der Waals surface area contributed by atoms with Gasteiger partial charge in [-0.3, -0.25) is 0 Å². The van der Waals surface area contributed by atoms with Gasteiger partial charge in [0.25, 0.3) is 0 Å². The van der Waals surface area contributed by atoms with E-state index >= 15 is 0 Å². The van der Waals surface area contributed by atoms with Gasteiger partial charge in [0.05, 0.1) is 0 Å². The van der Waals surface area contributed by atoms with Crippen LogP contribution in [0.4, 0.5) is 0 Å². The highest BCUT2D eigenvalue weighted by molar-refractivity contribution is 5.34. The summed E-state index contributed by atoms with van der Waals surface area (Å²) in [5.74, 6) is 1.72. The summed E-state index contributed by atoms with van der Waals surface area (Å²) in [7, 11) is 0. The van der Waals surface area contributed by atoms with Crippen molar-refractivity contribution in [2.75, 3.05) is 0 Å². The van der Waals surface area contributed by atoms with Crippen molar-refractivity contribution in [1.82, 2.24) is 0 Å². The smallest absolute Gasteiger partial charge is 0.00974 e. The summed E-state index contributed by atoms with van der Waals surface area (Å²) >= 11 is 0. The summed E-state index contributed by atoms with van der Waals surface area (Å²) in [5.41, 5.74) is 14.1. The normalized spacial score (nSPS) is 13.1. The van der Waals surface area contributed by atoms with Crippen LogP contribution in [0.5, 0.6) is 0 Å². The molecule has 0 fully saturated rings. The fraction of sp³-hybridized carbons (Fsp3) is 0.267. The second-order valence-corrected chi connectivity index (χ2v) is 16.7. The second-order valence-electron chi connectivity index (χ2n) is 16.7. The first-order chi connectivity index (χ1) is 29.6. The summed E-state index contributed by atoms with van der Waals surface area (Å²) in [6, 6.07) is 59.5. The van der Waals surface area contributed by atoms with Crippen molar-refractivity contribution in [2.45, 2.75) is 101 Å². The molecule has 4 atom stereocenters. The molecule has 306 valence electrons. The molecule has 0 aromatic heterocycles. The average Bonchev–Trinajstić information content (AvgIpc) is 3.29. The van der Waals surface area contributed by atoms with Crippen molar-refractivity contribution < 1.29 is 0 Å². The minimum Gasteiger partial charge on any atom is -0.103 e. The first kappa shape index (κ1) is 43.8. The Morgan fingerprint density at radius 1 is 0.300 bits per heavy atom. The van der Waals surface area contributed by atoms with Gasteiger partial charge in [-0.05, 0) is 156 Å². The Morgan fingerprint density at radius 3 is 0.950 bits per heavy atom. The molecule has 0 nitrogen and oxygen atoms in total. The highest BCUT2D eigenvalue weighted by Gasteiger charge is 2.25. The predicted molar refractivity (Wildman–Crippen MR) is 260 cm³/mol. The zero-order chi connectivity index (χ0) is 41.8. The second kappa shape index (κ2) is 23.8. The van der Waals surface area contributed by atoms with Crippen molar-refractivity contribution in [3.8, 4) is 0 Å². The molecule has 60 heavy (non-hydrogen) atoms. The summed E-state index contributed by atoms with van der Waals surface area (Å²) in [6.45, 7) is 16.1. The SMILES string of the molecule is C=CCc1ccc(C(CCc2ccccc2CC=C)CC(CCC(CC(CCc2ccccc2CC=C)c2ccc(CC=C)cc2)c2ccccc2)c2ccccc2)cc1. The third-order valence-electron chi connectivity index (χ3n) is 12.7. The molecule has 6 aromatic rings. The van der Waals surface area contributed by atoms with Crippen molar-refractivity contribution in [1.29, 1.82) is 0 Å².